The minimum absolute atomic E-state index is 0.0339. The number of alkyl halides is 3. The van der Waals surface area contributed by atoms with Gasteiger partial charge in [0.25, 0.3) is 0 Å². The SMILES string of the molecule is Nc1c(Cl)cc(CC(CC(=O)N2CCC3O[C@H]2C3C2CCc3ccccc3NN2)C(=O)N2CCC(N3CCCC3)CC2)cc1C(F)(F)F. The second-order valence-corrected chi connectivity index (χ2v) is 14.4. The molecule has 2 bridgehead atoms. The lowest BCUT2D eigenvalue weighted by atomic mass is 9.79. The summed E-state index contributed by atoms with van der Waals surface area (Å²) in [6.07, 6.45) is 1.23. The number of hydrazine groups is 1. The fourth-order valence-electron chi connectivity index (χ4n) is 8.52. The van der Waals surface area contributed by atoms with Gasteiger partial charge in [0.05, 0.1) is 34.0 Å². The Bertz CT molecular complexity index is 1480. The summed E-state index contributed by atoms with van der Waals surface area (Å²) in [7, 11) is 0. The standard InChI is InChI=1S/C35H44ClF3N6O3/c36-26-19-21(18-25(32(26)40)35(37,38)39)17-23(33(47)44-14-9-24(10-15-44)43-12-3-4-13-43)20-30(46)45-16-11-29-31(34(45)48-29)28-8-7-22-5-1-2-6-27(22)41-42-28/h1-2,5-6,18-19,23-24,28-29,31,34,41-42H,3-4,7-17,20,40H2/t23?,28?,29?,31?,34-/m0/s1. The second-order valence-electron chi connectivity index (χ2n) is 14.0. The number of likely N-dealkylation sites (tertiary alicyclic amines) is 2. The molecule has 8 rings (SSSR count). The summed E-state index contributed by atoms with van der Waals surface area (Å²) in [6.45, 7) is 3.79. The van der Waals surface area contributed by atoms with E-state index in [1.807, 2.05) is 18.2 Å². The first-order chi connectivity index (χ1) is 23.1. The van der Waals surface area contributed by atoms with Crippen LogP contribution in [0.5, 0.6) is 0 Å². The fraction of sp³-hybridized carbons (Fsp3) is 0.600. The maximum atomic E-state index is 14.1. The molecule has 6 heterocycles. The van der Waals surface area contributed by atoms with Crippen molar-refractivity contribution in [2.75, 3.05) is 43.9 Å². The number of anilines is 2. The predicted molar refractivity (Wildman–Crippen MR) is 177 cm³/mol. The lowest BCUT2D eigenvalue weighted by molar-refractivity contribution is -0.282. The summed E-state index contributed by atoms with van der Waals surface area (Å²) >= 11 is 6.17. The van der Waals surface area contributed by atoms with Crippen LogP contribution in [0.4, 0.5) is 24.5 Å². The lowest BCUT2D eigenvalue weighted by Gasteiger charge is -2.57. The first kappa shape index (κ1) is 33.4. The summed E-state index contributed by atoms with van der Waals surface area (Å²) in [5, 5.41) is -0.219. The Morgan fingerprint density at radius 2 is 1.77 bits per heavy atom. The summed E-state index contributed by atoms with van der Waals surface area (Å²) in [4.78, 5) is 34.2. The number of benzene rings is 2. The monoisotopic (exact) mass is 688 g/mol. The molecule has 0 aliphatic carbocycles. The molecule has 2 aromatic carbocycles. The van der Waals surface area contributed by atoms with Gasteiger partial charge in [-0.2, -0.15) is 13.2 Å². The average molecular weight is 689 g/mol. The van der Waals surface area contributed by atoms with E-state index in [1.165, 1.54) is 24.5 Å². The highest BCUT2D eigenvalue weighted by Gasteiger charge is 2.54. The van der Waals surface area contributed by atoms with Crippen LogP contribution in [0.3, 0.4) is 0 Å². The Kier molecular flexibility index (Phi) is 9.53. The number of fused-ring (bicyclic) bond motifs is 3. The summed E-state index contributed by atoms with van der Waals surface area (Å²) < 4.78 is 47.7. The molecular weight excluding hydrogens is 645 g/mol. The normalized spacial score (nSPS) is 27.1. The smallest absolute Gasteiger partial charge is 0.397 e. The van der Waals surface area contributed by atoms with Crippen LogP contribution in [-0.2, 0) is 33.3 Å². The van der Waals surface area contributed by atoms with Gasteiger partial charge in [-0.05, 0) is 93.8 Å². The minimum Gasteiger partial charge on any atom is -0.397 e. The van der Waals surface area contributed by atoms with Gasteiger partial charge in [-0.1, -0.05) is 29.8 Å². The van der Waals surface area contributed by atoms with Crippen molar-refractivity contribution in [1.29, 1.82) is 0 Å². The third-order valence-electron chi connectivity index (χ3n) is 11.1. The first-order valence-corrected chi connectivity index (χ1v) is 17.7. The van der Waals surface area contributed by atoms with Gasteiger partial charge in [0.2, 0.25) is 11.8 Å². The molecule has 0 saturated carbocycles. The third-order valence-corrected chi connectivity index (χ3v) is 11.4. The highest BCUT2D eigenvalue weighted by molar-refractivity contribution is 6.33. The van der Waals surface area contributed by atoms with E-state index in [0.29, 0.717) is 32.1 Å². The molecule has 260 valence electrons. The molecule has 5 saturated heterocycles. The van der Waals surface area contributed by atoms with Gasteiger partial charge in [-0.25, -0.2) is 5.43 Å². The highest BCUT2D eigenvalue weighted by Crippen LogP contribution is 2.43. The molecule has 0 spiro atoms. The van der Waals surface area contributed by atoms with Gasteiger partial charge < -0.3 is 30.6 Å². The maximum absolute atomic E-state index is 14.1. The van der Waals surface area contributed by atoms with Gasteiger partial charge >= 0.3 is 6.18 Å². The zero-order chi connectivity index (χ0) is 33.6. The van der Waals surface area contributed by atoms with Crippen molar-refractivity contribution in [1.82, 2.24) is 20.1 Å². The van der Waals surface area contributed by atoms with E-state index >= 15 is 0 Å². The number of piperidine rings is 2. The van der Waals surface area contributed by atoms with Gasteiger partial charge in [0, 0.05) is 44.1 Å². The first-order valence-electron chi connectivity index (χ1n) is 17.3. The zero-order valence-electron chi connectivity index (χ0n) is 27.0. The average Bonchev–Trinajstić information content (AvgIpc) is 3.54. The number of carbonyl (C=O) groups is 2. The van der Waals surface area contributed by atoms with Crippen molar-refractivity contribution in [3.05, 3.63) is 58.1 Å². The van der Waals surface area contributed by atoms with Crippen molar-refractivity contribution in [2.24, 2.45) is 11.8 Å². The van der Waals surface area contributed by atoms with E-state index in [0.717, 1.165) is 50.5 Å². The predicted octanol–water partition coefficient (Wildman–Crippen LogP) is 5.08. The molecule has 4 N–H and O–H groups in total. The van der Waals surface area contributed by atoms with Crippen LogP contribution in [0.1, 0.15) is 61.6 Å². The molecule has 13 heteroatoms. The maximum Gasteiger partial charge on any atom is 0.418 e. The molecule has 0 aromatic heterocycles. The zero-order valence-corrected chi connectivity index (χ0v) is 27.7. The fourth-order valence-corrected chi connectivity index (χ4v) is 8.76. The Hall–Kier alpha value is -3.06. The summed E-state index contributed by atoms with van der Waals surface area (Å²) in [6, 6.07) is 11.0. The number of nitrogens with one attached hydrogen (secondary N) is 2. The Morgan fingerprint density at radius 1 is 1.02 bits per heavy atom. The quantitative estimate of drug-likeness (QED) is 0.349. The molecule has 5 fully saturated rings. The number of hydrogen-bond acceptors (Lipinski definition) is 7. The van der Waals surface area contributed by atoms with Crippen LogP contribution in [0, 0.1) is 11.8 Å². The van der Waals surface area contributed by atoms with Gasteiger partial charge in [-0.3, -0.25) is 9.59 Å². The van der Waals surface area contributed by atoms with E-state index in [1.54, 1.807) is 9.80 Å². The number of nitrogens with two attached hydrogens (primary N) is 1. The topological polar surface area (TPSA) is 103 Å². The number of rotatable bonds is 7. The summed E-state index contributed by atoms with van der Waals surface area (Å²) in [5.41, 5.74) is 13.4. The van der Waals surface area contributed by atoms with Crippen molar-refractivity contribution < 1.29 is 27.5 Å². The van der Waals surface area contributed by atoms with Crippen LogP contribution in [-0.4, -0.2) is 83.7 Å². The Morgan fingerprint density at radius 3 is 2.50 bits per heavy atom. The number of halogens is 4. The number of ether oxygens (including phenoxy) is 1. The molecule has 5 atom stereocenters. The molecule has 6 aliphatic rings. The van der Waals surface area contributed by atoms with Gasteiger partial charge in [0.15, 0.2) is 0 Å². The molecule has 2 aromatic rings. The van der Waals surface area contributed by atoms with E-state index in [4.69, 9.17) is 22.1 Å². The number of carbonyl (C=O) groups excluding carboxylic acids is 2. The van der Waals surface area contributed by atoms with Crippen molar-refractivity contribution in [3.8, 4) is 0 Å². The van der Waals surface area contributed by atoms with Crippen LogP contribution in [0.25, 0.3) is 0 Å². The number of hydrogen-bond donors (Lipinski definition) is 3. The molecule has 2 amide bonds. The van der Waals surface area contributed by atoms with Crippen LogP contribution >= 0.6 is 11.6 Å². The second kappa shape index (κ2) is 13.7. The molecule has 6 aliphatic heterocycles. The Labute approximate surface area is 284 Å². The molecular formula is C35H44ClF3N6O3. The van der Waals surface area contributed by atoms with E-state index < -0.39 is 29.6 Å². The van der Waals surface area contributed by atoms with Crippen molar-refractivity contribution in [3.63, 3.8) is 0 Å². The molecule has 48 heavy (non-hydrogen) atoms. The van der Waals surface area contributed by atoms with E-state index in [-0.39, 0.29) is 53.3 Å². The number of para-hydroxylation sites is 1. The third kappa shape index (κ3) is 6.73. The number of aryl methyl sites for hydroxylation is 1. The largest absolute Gasteiger partial charge is 0.418 e. The van der Waals surface area contributed by atoms with Gasteiger partial charge in [0.1, 0.15) is 6.23 Å². The lowest BCUT2D eigenvalue weighted by Crippen LogP contribution is -2.70. The van der Waals surface area contributed by atoms with Crippen LogP contribution in [0.15, 0.2) is 36.4 Å². The highest BCUT2D eigenvalue weighted by atomic mass is 35.5. The van der Waals surface area contributed by atoms with Crippen molar-refractivity contribution >= 4 is 34.8 Å². The van der Waals surface area contributed by atoms with Crippen molar-refractivity contribution in [2.45, 2.75) is 88.4 Å². The van der Waals surface area contributed by atoms with E-state index in [9.17, 15) is 22.8 Å². The molecule has 9 nitrogen and oxygen atoms in total. The number of nitrogens with zero attached hydrogens (tertiary/aromatic N) is 3. The number of nitrogen functional groups attached to an aromatic ring is 1. The van der Waals surface area contributed by atoms with Crippen LogP contribution < -0.4 is 16.6 Å². The summed E-state index contributed by atoms with van der Waals surface area (Å²) in [5.74, 6) is -1.22. The Balaban J connectivity index is 1.07. The molecule has 4 unspecified atom stereocenters. The minimum atomic E-state index is -4.71. The van der Waals surface area contributed by atoms with Crippen LogP contribution in [0.2, 0.25) is 5.02 Å². The number of amides is 2. The van der Waals surface area contributed by atoms with Gasteiger partial charge in [-0.15, -0.1) is 0 Å². The molecule has 0 radical (unpaired) electrons. The van der Waals surface area contributed by atoms with E-state index in [2.05, 4.69) is 21.8 Å².